The molecule has 0 fully saturated rings. The van der Waals surface area contributed by atoms with Crippen LogP contribution in [0.5, 0.6) is 5.75 Å². The molecule has 2 atom stereocenters. The summed E-state index contributed by atoms with van der Waals surface area (Å²) in [7, 11) is 1.67. The van der Waals surface area contributed by atoms with Gasteiger partial charge in [-0.3, -0.25) is 20.2 Å². The molecular formula is C50H50N4O6. The van der Waals surface area contributed by atoms with Gasteiger partial charge >= 0.3 is 6.09 Å². The molecule has 0 heterocycles. The van der Waals surface area contributed by atoms with Gasteiger partial charge in [0.15, 0.2) is 0 Å². The Balaban J connectivity index is 0.994. The molecule has 10 nitrogen and oxygen atoms in total. The predicted molar refractivity (Wildman–Crippen MR) is 234 cm³/mol. The lowest BCUT2D eigenvalue weighted by atomic mass is 9.77. The fourth-order valence-corrected chi connectivity index (χ4v) is 8.27. The van der Waals surface area contributed by atoms with Crippen molar-refractivity contribution in [2.75, 3.05) is 20.3 Å². The highest BCUT2D eigenvalue weighted by molar-refractivity contribution is 5.86. The van der Waals surface area contributed by atoms with Crippen molar-refractivity contribution in [1.29, 1.82) is 0 Å². The van der Waals surface area contributed by atoms with Crippen LogP contribution in [0.15, 0.2) is 158 Å². The van der Waals surface area contributed by atoms with Crippen molar-refractivity contribution in [3.63, 3.8) is 0 Å². The van der Waals surface area contributed by atoms with Gasteiger partial charge in [0.05, 0.1) is 17.6 Å². The second-order valence-corrected chi connectivity index (χ2v) is 15.2. The molecule has 60 heavy (non-hydrogen) atoms. The highest BCUT2D eigenvalue weighted by atomic mass is 16.6. The van der Waals surface area contributed by atoms with Crippen LogP contribution >= 0.6 is 0 Å². The lowest BCUT2D eigenvalue weighted by molar-refractivity contribution is -0.384. The number of nitrogens with one attached hydrogen (secondary N) is 3. The van der Waals surface area contributed by atoms with Gasteiger partial charge in [0.2, 0.25) is 5.91 Å². The normalized spacial score (nSPS) is 13.0. The molecule has 0 aromatic heterocycles. The number of carbonyl (C=O) groups is 2. The lowest BCUT2D eigenvalue weighted by Crippen LogP contribution is -2.50. The second kappa shape index (κ2) is 19.3. The molecule has 0 aliphatic heterocycles. The fourth-order valence-electron chi connectivity index (χ4n) is 8.27. The van der Waals surface area contributed by atoms with Crippen molar-refractivity contribution in [2.24, 2.45) is 0 Å². The number of alkyl carbamates (subject to hydrolysis) is 1. The summed E-state index contributed by atoms with van der Waals surface area (Å²) in [5.74, 6) is 0.286. The monoisotopic (exact) mass is 802 g/mol. The summed E-state index contributed by atoms with van der Waals surface area (Å²) in [5.41, 5.74) is 7.71. The summed E-state index contributed by atoms with van der Waals surface area (Å²) in [6.07, 6.45) is 1.77. The van der Waals surface area contributed by atoms with E-state index in [4.69, 9.17) is 9.47 Å². The SMILES string of the molecule is COc1ccc(C(NCCCCC(C)NC(=O)C(Cc2ccc([N+](=O)[O-])cc2)NC(=O)OCC2c3ccccc3-c3ccccc32)(c2ccccc2)c2ccccc2)cc1. The van der Waals surface area contributed by atoms with Gasteiger partial charge in [-0.15, -0.1) is 0 Å². The van der Waals surface area contributed by atoms with Crippen molar-refractivity contribution in [1.82, 2.24) is 16.0 Å². The topological polar surface area (TPSA) is 132 Å². The number of hydrogen-bond donors (Lipinski definition) is 3. The summed E-state index contributed by atoms with van der Waals surface area (Å²) < 4.78 is 11.3. The number of unbranched alkanes of at least 4 members (excludes halogenated alkanes) is 1. The summed E-state index contributed by atoms with van der Waals surface area (Å²) >= 11 is 0. The quantitative estimate of drug-likeness (QED) is 0.0342. The molecule has 1 aliphatic carbocycles. The van der Waals surface area contributed by atoms with Crippen LogP contribution in [0.1, 0.15) is 65.5 Å². The maximum atomic E-state index is 13.9. The van der Waals surface area contributed by atoms with Gasteiger partial charge in [0, 0.05) is 30.5 Å². The van der Waals surface area contributed by atoms with Crippen LogP contribution in [-0.2, 0) is 21.5 Å². The first kappa shape index (κ1) is 41.4. The minimum absolute atomic E-state index is 0.0545. The highest BCUT2D eigenvalue weighted by Crippen LogP contribution is 2.44. The molecule has 0 saturated carbocycles. The Labute approximate surface area is 351 Å². The summed E-state index contributed by atoms with van der Waals surface area (Å²) in [4.78, 5) is 38.1. The van der Waals surface area contributed by atoms with Gasteiger partial charge < -0.3 is 20.1 Å². The van der Waals surface area contributed by atoms with E-state index in [1.807, 2.05) is 67.6 Å². The van der Waals surface area contributed by atoms with Crippen LogP contribution in [-0.4, -0.2) is 49.3 Å². The zero-order valence-electron chi connectivity index (χ0n) is 33.9. The number of carbonyl (C=O) groups excluding carboxylic acids is 2. The van der Waals surface area contributed by atoms with Crippen molar-refractivity contribution >= 4 is 17.7 Å². The van der Waals surface area contributed by atoms with Gasteiger partial charge in [-0.1, -0.05) is 140 Å². The Morgan fingerprint density at radius 3 is 1.82 bits per heavy atom. The van der Waals surface area contributed by atoms with E-state index in [-0.39, 0.29) is 36.6 Å². The number of ether oxygens (including phenoxy) is 2. The number of non-ortho nitro benzene ring substituents is 1. The Kier molecular flexibility index (Phi) is 13.3. The van der Waals surface area contributed by atoms with Crippen LogP contribution in [0.3, 0.4) is 0 Å². The number of amides is 2. The Bertz CT molecular complexity index is 2290. The average Bonchev–Trinajstić information content (AvgIpc) is 3.61. The van der Waals surface area contributed by atoms with Crippen LogP contribution in [0.4, 0.5) is 10.5 Å². The number of benzene rings is 6. The van der Waals surface area contributed by atoms with Crippen LogP contribution in [0.25, 0.3) is 11.1 Å². The smallest absolute Gasteiger partial charge is 0.407 e. The maximum Gasteiger partial charge on any atom is 0.407 e. The lowest BCUT2D eigenvalue weighted by Gasteiger charge is -2.37. The first-order chi connectivity index (χ1) is 29.3. The first-order valence-electron chi connectivity index (χ1n) is 20.4. The molecule has 0 radical (unpaired) electrons. The number of fused-ring (bicyclic) bond motifs is 3. The van der Waals surface area contributed by atoms with Crippen molar-refractivity contribution < 1.29 is 24.0 Å². The molecule has 6 aromatic carbocycles. The molecule has 7 rings (SSSR count). The molecule has 6 aromatic rings. The molecule has 0 spiro atoms. The summed E-state index contributed by atoms with van der Waals surface area (Å²) in [5, 5.41) is 21.1. The number of methoxy groups -OCH3 is 1. The third-order valence-electron chi connectivity index (χ3n) is 11.3. The standard InChI is InChI=1S/C50H50N4O6/c1-35(15-13-14-32-51-50(37-16-5-3-6-17-37,38-18-7-4-8-19-38)39-26-30-41(59-2)31-27-39)52-48(55)47(33-36-24-28-40(29-25-36)54(57)58)53-49(56)60-34-46-44-22-11-9-20-42(44)43-21-10-12-23-45(43)46/h3-12,16-31,35,46-47,51H,13-15,32-34H2,1-2H3,(H,52,55)(H,53,56). The molecule has 3 N–H and O–H groups in total. The predicted octanol–water partition coefficient (Wildman–Crippen LogP) is 9.31. The van der Waals surface area contributed by atoms with Crippen LogP contribution < -0.4 is 20.7 Å². The molecule has 10 heteroatoms. The van der Waals surface area contributed by atoms with Crippen LogP contribution in [0.2, 0.25) is 0 Å². The molecular weight excluding hydrogens is 753 g/mol. The molecule has 0 bridgehead atoms. The second-order valence-electron chi connectivity index (χ2n) is 15.2. The maximum absolute atomic E-state index is 13.9. The highest BCUT2D eigenvalue weighted by Gasteiger charge is 2.36. The van der Waals surface area contributed by atoms with Gasteiger partial charge in [-0.25, -0.2) is 4.79 Å². The number of rotatable bonds is 18. The number of hydrogen-bond acceptors (Lipinski definition) is 7. The molecule has 2 amide bonds. The van der Waals surface area contributed by atoms with E-state index in [9.17, 15) is 19.7 Å². The van der Waals surface area contributed by atoms with Crippen molar-refractivity contribution in [3.8, 4) is 16.9 Å². The summed E-state index contributed by atoms with van der Waals surface area (Å²) in [6.45, 7) is 2.75. The van der Waals surface area contributed by atoms with E-state index in [0.29, 0.717) is 18.5 Å². The zero-order chi connectivity index (χ0) is 41.9. The van der Waals surface area contributed by atoms with Crippen LogP contribution in [0, 0.1) is 10.1 Å². The largest absolute Gasteiger partial charge is 0.497 e. The third kappa shape index (κ3) is 9.40. The fraction of sp³-hybridized carbons (Fsp3) is 0.240. The minimum Gasteiger partial charge on any atom is -0.497 e. The number of nitrogens with zero attached hydrogens (tertiary/aromatic N) is 1. The van der Waals surface area contributed by atoms with Gasteiger partial charge in [0.1, 0.15) is 18.4 Å². The molecule has 306 valence electrons. The van der Waals surface area contributed by atoms with Crippen molar-refractivity contribution in [3.05, 3.63) is 201 Å². The molecule has 2 unspecified atom stereocenters. The van der Waals surface area contributed by atoms with Gasteiger partial charge in [-0.05, 0) is 83.0 Å². The van der Waals surface area contributed by atoms with Gasteiger partial charge in [0.25, 0.3) is 5.69 Å². The van der Waals surface area contributed by atoms with Gasteiger partial charge in [-0.2, -0.15) is 0 Å². The minimum atomic E-state index is -0.979. The third-order valence-corrected chi connectivity index (χ3v) is 11.3. The molecule has 0 saturated heterocycles. The number of nitro benzene ring substituents is 1. The van der Waals surface area contributed by atoms with Crippen molar-refractivity contribution in [2.45, 2.75) is 56.1 Å². The Morgan fingerprint density at radius 1 is 0.700 bits per heavy atom. The van der Waals surface area contributed by atoms with E-state index >= 15 is 0 Å². The van der Waals surface area contributed by atoms with E-state index < -0.39 is 22.6 Å². The van der Waals surface area contributed by atoms with E-state index in [1.54, 1.807) is 19.2 Å². The zero-order valence-corrected chi connectivity index (χ0v) is 33.9. The average molecular weight is 803 g/mol. The Morgan fingerprint density at radius 2 is 1.25 bits per heavy atom. The van der Waals surface area contributed by atoms with E-state index in [1.165, 1.54) is 12.1 Å². The van der Waals surface area contributed by atoms with E-state index in [0.717, 1.165) is 57.5 Å². The van der Waals surface area contributed by atoms with E-state index in [2.05, 4.69) is 88.7 Å². The first-order valence-corrected chi connectivity index (χ1v) is 20.4. The molecule has 1 aliphatic rings. The summed E-state index contributed by atoms with van der Waals surface area (Å²) in [6, 6.07) is 50.0. The number of nitro groups is 1. The Hall–Kier alpha value is -6.78.